The van der Waals surface area contributed by atoms with Gasteiger partial charge in [-0.3, -0.25) is 9.78 Å². The number of nitrogens with zero attached hydrogens (tertiary/aromatic N) is 1. The predicted octanol–water partition coefficient (Wildman–Crippen LogP) is 5.14. The van der Waals surface area contributed by atoms with Crippen molar-refractivity contribution >= 4 is 11.6 Å². The fourth-order valence-corrected chi connectivity index (χ4v) is 3.18. The Bertz CT molecular complexity index is 1010. The van der Waals surface area contributed by atoms with E-state index in [-0.39, 0.29) is 22.8 Å². The van der Waals surface area contributed by atoms with Crippen LogP contribution in [0.1, 0.15) is 61.8 Å². The molecule has 0 radical (unpaired) electrons. The fraction of sp³-hybridized carbons (Fsp3) is 0.360. The molecule has 0 atom stereocenters. The molecular weight excluding hydrogens is 377 g/mol. The molecule has 1 amide bonds. The van der Waals surface area contributed by atoms with E-state index in [0.717, 1.165) is 11.1 Å². The van der Waals surface area contributed by atoms with Gasteiger partial charge in [0.1, 0.15) is 11.5 Å². The number of hydrogen-bond donors (Lipinski definition) is 2. The number of terminal acetylenes is 1. The number of amides is 1. The number of benzene rings is 1. The van der Waals surface area contributed by atoms with E-state index in [1.54, 1.807) is 32.0 Å². The maximum Gasteiger partial charge on any atom is 0.271 e. The first-order valence-corrected chi connectivity index (χ1v) is 9.83. The second-order valence-corrected chi connectivity index (χ2v) is 9.07. The number of halogens is 1. The smallest absolute Gasteiger partial charge is 0.271 e. The molecule has 0 saturated heterocycles. The van der Waals surface area contributed by atoms with Gasteiger partial charge in [0.2, 0.25) is 0 Å². The molecule has 2 rings (SSSR count). The Morgan fingerprint density at radius 2 is 1.90 bits per heavy atom. The molecule has 0 aliphatic heterocycles. The Labute approximate surface area is 179 Å². The van der Waals surface area contributed by atoms with Crippen LogP contribution in [-0.2, 0) is 11.8 Å². The fourth-order valence-electron chi connectivity index (χ4n) is 3.18. The van der Waals surface area contributed by atoms with E-state index in [2.05, 4.69) is 48.9 Å². The van der Waals surface area contributed by atoms with Crippen molar-refractivity contribution in [3.05, 3.63) is 70.9 Å². The van der Waals surface area contributed by atoms with Crippen LogP contribution in [0.5, 0.6) is 0 Å². The summed E-state index contributed by atoms with van der Waals surface area (Å²) in [6.45, 7) is 15.7. The third kappa shape index (κ3) is 5.93. The number of hydrogen-bond acceptors (Lipinski definition) is 3. The Hall–Kier alpha value is -3.13. The standard InChI is InChI=1S/C25H30FN3O/c1-9-25(7,8)29-23(30)22-14-19(10-11-27-22)28-17(3)13-18-12-16(2)20(15-21(18)26)24(4,5)6/h1,10-12,14-15H,3,13H2,2,4-8H3,(H,27,28)(H,29,30). The van der Waals surface area contributed by atoms with E-state index in [1.165, 1.54) is 6.20 Å². The van der Waals surface area contributed by atoms with Crippen molar-refractivity contribution in [2.75, 3.05) is 5.32 Å². The second kappa shape index (κ2) is 8.71. The van der Waals surface area contributed by atoms with E-state index < -0.39 is 5.54 Å². The Balaban J connectivity index is 2.14. The Morgan fingerprint density at radius 3 is 2.50 bits per heavy atom. The summed E-state index contributed by atoms with van der Waals surface area (Å²) >= 11 is 0. The van der Waals surface area contributed by atoms with Crippen molar-refractivity contribution in [2.45, 2.75) is 58.9 Å². The monoisotopic (exact) mass is 407 g/mol. The second-order valence-electron chi connectivity index (χ2n) is 9.07. The zero-order valence-corrected chi connectivity index (χ0v) is 18.6. The van der Waals surface area contributed by atoms with Gasteiger partial charge in [0.15, 0.2) is 0 Å². The van der Waals surface area contributed by atoms with E-state index in [4.69, 9.17) is 6.42 Å². The number of carbonyl (C=O) groups excluding carboxylic acids is 1. The summed E-state index contributed by atoms with van der Waals surface area (Å²) < 4.78 is 14.7. The van der Waals surface area contributed by atoms with Gasteiger partial charge in [0, 0.05) is 24.0 Å². The van der Waals surface area contributed by atoms with E-state index in [1.807, 2.05) is 13.0 Å². The van der Waals surface area contributed by atoms with Crippen LogP contribution in [-0.4, -0.2) is 16.4 Å². The van der Waals surface area contributed by atoms with Crippen molar-refractivity contribution in [2.24, 2.45) is 0 Å². The highest BCUT2D eigenvalue weighted by Crippen LogP contribution is 2.28. The first-order valence-electron chi connectivity index (χ1n) is 9.83. The van der Waals surface area contributed by atoms with E-state index in [0.29, 0.717) is 23.4 Å². The minimum absolute atomic E-state index is 0.124. The molecule has 5 heteroatoms. The van der Waals surface area contributed by atoms with Crippen LogP contribution in [0.3, 0.4) is 0 Å². The van der Waals surface area contributed by atoms with Gasteiger partial charge in [-0.2, -0.15) is 0 Å². The predicted molar refractivity (Wildman–Crippen MR) is 121 cm³/mol. The normalized spacial score (nSPS) is 11.5. The molecule has 4 nitrogen and oxygen atoms in total. The highest BCUT2D eigenvalue weighted by molar-refractivity contribution is 5.93. The summed E-state index contributed by atoms with van der Waals surface area (Å²) in [6.07, 6.45) is 7.27. The number of allylic oxidation sites excluding steroid dienone is 1. The number of rotatable bonds is 6. The molecule has 0 aliphatic rings. The molecule has 1 aromatic heterocycles. The van der Waals surface area contributed by atoms with Crippen LogP contribution in [0.2, 0.25) is 0 Å². The summed E-state index contributed by atoms with van der Waals surface area (Å²) in [6, 6.07) is 6.81. The third-order valence-electron chi connectivity index (χ3n) is 4.71. The topological polar surface area (TPSA) is 54.0 Å². The SMILES string of the molecule is C#CC(C)(C)NC(=O)c1cc(NC(=C)Cc2cc(C)c(C(C)(C)C)cc2F)ccn1. The highest BCUT2D eigenvalue weighted by atomic mass is 19.1. The number of nitrogens with one attached hydrogen (secondary N) is 2. The largest absolute Gasteiger partial charge is 0.359 e. The molecule has 0 spiro atoms. The maximum atomic E-state index is 14.7. The van der Waals surface area contributed by atoms with Gasteiger partial charge >= 0.3 is 0 Å². The summed E-state index contributed by atoms with van der Waals surface area (Å²) in [5, 5.41) is 5.87. The summed E-state index contributed by atoms with van der Waals surface area (Å²) in [5.74, 6) is 1.90. The molecule has 0 fully saturated rings. The molecule has 1 aromatic carbocycles. The van der Waals surface area contributed by atoms with Gasteiger partial charge in [-0.05, 0) is 61.1 Å². The lowest BCUT2D eigenvalue weighted by Crippen LogP contribution is -2.42. The van der Waals surface area contributed by atoms with Gasteiger partial charge in [-0.25, -0.2) is 4.39 Å². The van der Waals surface area contributed by atoms with Crippen molar-refractivity contribution in [1.82, 2.24) is 10.3 Å². The minimum Gasteiger partial charge on any atom is -0.359 e. The minimum atomic E-state index is -0.777. The third-order valence-corrected chi connectivity index (χ3v) is 4.71. The maximum absolute atomic E-state index is 14.7. The molecule has 0 unspecified atom stereocenters. The average Bonchev–Trinajstić information content (AvgIpc) is 2.63. The molecular formula is C25H30FN3O. The molecule has 0 bridgehead atoms. The molecule has 2 N–H and O–H groups in total. The van der Waals surface area contributed by atoms with Crippen LogP contribution in [0.25, 0.3) is 0 Å². The molecule has 0 aliphatic carbocycles. The van der Waals surface area contributed by atoms with Crippen molar-refractivity contribution in [1.29, 1.82) is 0 Å². The van der Waals surface area contributed by atoms with Crippen LogP contribution in [0.4, 0.5) is 10.1 Å². The lowest BCUT2D eigenvalue weighted by molar-refractivity contribution is 0.0925. The highest BCUT2D eigenvalue weighted by Gasteiger charge is 2.20. The Kier molecular flexibility index (Phi) is 6.72. The van der Waals surface area contributed by atoms with Gasteiger partial charge in [0.25, 0.3) is 5.91 Å². The van der Waals surface area contributed by atoms with Crippen LogP contribution >= 0.6 is 0 Å². The van der Waals surface area contributed by atoms with Gasteiger partial charge < -0.3 is 10.6 Å². The molecule has 0 saturated carbocycles. The summed E-state index contributed by atoms with van der Waals surface area (Å²) in [4.78, 5) is 16.5. The lowest BCUT2D eigenvalue weighted by Gasteiger charge is -2.23. The van der Waals surface area contributed by atoms with Gasteiger partial charge in [-0.15, -0.1) is 6.42 Å². The van der Waals surface area contributed by atoms with Crippen LogP contribution in [0.15, 0.2) is 42.7 Å². The molecule has 1 heterocycles. The van der Waals surface area contributed by atoms with E-state index >= 15 is 0 Å². The quantitative estimate of drug-likeness (QED) is 0.652. The molecule has 2 aromatic rings. The lowest BCUT2D eigenvalue weighted by atomic mass is 9.83. The number of aromatic nitrogens is 1. The summed E-state index contributed by atoms with van der Waals surface area (Å²) in [7, 11) is 0. The number of anilines is 1. The van der Waals surface area contributed by atoms with E-state index in [9.17, 15) is 9.18 Å². The molecule has 30 heavy (non-hydrogen) atoms. The Morgan fingerprint density at radius 1 is 1.23 bits per heavy atom. The average molecular weight is 408 g/mol. The zero-order chi connectivity index (χ0) is 22.7. The van der Waals surface area contributed by atoms with Crippen molar-refractivity contribution in [3.63, 3.8) is 0 Å². The summed E-state index contributed by atoms with van der Waals surface area (Å²) in [5.41, 5.74) is 3.18. The molecule has 158 valence electrons. The number of carbonyl (C=O) groups is 1. The number of pyridine rings is 1. The van der Waals surface area contributed by atoms with Gasteiger partial charge in [-0.1, -0.05) is 39.3 Å². The first-order chi connectivity index (χ1) is 13.8. The first kappa shape index (κ1) is 23.2. The van der Waals surface area contributed by atoms with Crippen LogP contribution < -0.4 is 10.6 Å². The zero-order valence-electron chi connectivity index (χ0n) is 18.6. The number of aryl methyl sites for hydroxylation is 1. The van der Waals surface area contributed by atoms with Crippen molar-refractivity contribution in [3.8, 4) is 12.3 Å². The van der Waals surface area contributed by atoms with Crippen molar-refractivity contribution < 1.29 is 9.18 Å². The van der Waals surface area contributed by atoms with Gasteiger partial charge in [0.05, 0.1) is 5.54 Å². The van der Waals surface area contributed by atoms with Crippen LogP contribution in [0, 0.1) is 25.1 Å².